The predicted molar refractivity (Wildman–Crippen MR) is 80.1 cm³/mol. The number of anilines is 2. The van der Waals surface area contributed by atoms with Crippen LogP contribution in [0.3, 0.4) is 0 Å². The molecule has 1 aliphatic rings. The lowest BCUT2D eigenvalue weighted by atomic mass is 9.95. The Labute approximate surface area is 119 Å². The van der Waals surface area contributed by atoms with Gasteiger partial charge in [0.25, 0.3) is 0 Å². The van der Waals surface area contributed by atoms with Crippen LogP contribution in [0.2, 0.25) is 0 Å². The van der Waals surface area contributed by atoms with Crippen molar-refractivity contribution in [2.24, 2.45) is 0 Å². The molecule has 0 aliphatic carbocycles. The molecule has 1 unspecified atom stereocenters. The molecule has 2 heterocycles. The molecule has 20 heavy (non-hydrogen) atoms. The first kappa shape index (κ1) is 14.6. The molecular formula is C14H23N5O. The van der Waals surface area contributed by atoms with E-state index >= 15 is 0 Å². The number of amides is 1. The molecule has 1 fully saturated rings. The lowest BCUT2D eigenvalue weighted by Crippen LogP contribution is -2.25. The van der Waals surface area contributed by atoms with E-state index in [1.165, 1.54) is 0 Å². The van der Waals surface area contributed by atoms with Gasteiger partial charge in [-0.05, 0) is 6.92 Å². The molecule has 0 saturated carbocycles. The number of nitrogens with zero attached hydrogens (tertiary/aromatic N) is 2. The lowest BCUT2D eigenvalue weighted by Gasteiger charge is -2.22. The maximum absolute atomic E-state index is 11.3. The highest BCUT2D eigenvalue weighted by Crippen LogP contribution is 2.26. The van der Waals surface area contributed by atoms with Gasteiger partial charge >= 0.3 is 0 Å². The van der Waals surface area contributed by atoms with Crippen LogP contribution in [-0.4, -0.2) is 35.5 Å². The Bertz CT molecular complexity index is 521. The zero-order chi connectivity index (χ0) is 14.9. The second kappa shape index (κ2) is 5.26. The SMILES string of the molecule is CNc1nc(C(C)(C)C)nc(NC2CNC(=O)C2)c1C. The van der Waals surface area contributed by atoms with Crippen LogP contribution in [0.1, 0.15) is 38.6 Å². The molecule has 0 spiro atoms. The minimum Gasteiger partial charge on any atom is -0.373 e. The van der Waals surface area contributed by atoms with E-state index in [1.54, 1.807) is 0 Å². The summed E-state index contributed by atoms with van der Waals surface area (Å²) in [6, 6.07) is 0.0913. The molecule has 6 nitrogen and oxygen atoms in total. The normalized spacial score (nSPS) is 18.9. The third-order valence-electron chi connectivity index (χ3n) is 3.37. The minimum atomic E-state index is -0.126. The maximum Gasteiger partial charge on any atom is 0.222 e. The van der Waals surface area contributed by atoms with E-state index in [0.29, 0.717) is 13.0 Å². The smallest absolute Gasteiger partial charge is 0.222 e. The van der Waals surface area contributed by atoms with Gasteiger partial charge in [-0.15, -0.1) is 0 Å². The second-order valence-corrected chi connectivity index (χ2v) is 6.22. The van der Waals surface area contributed by atoms with Gasteiger partial charge in [-0.2, -0.15) is 0 Å². The van der Waals surface area contributed by atoms with Crippen LogP contribution < -0.4 is 16.0 Å². The fourth-order valence-corrected chi connectivity index (χ4v) is 2.14. The van der Waals surface area contributed by atoms with Crippen molar-refractivity contribution in [1.82, 2.24) is 15.3 Å². The first-order chi connectivity index (χ1) is 9.31. The Hall–Kier alpha value is -1.85. The molecule has 1 amide bonds. The molecule has 1 saturated heterocycles. The molecule has 0 aromatic carbocycles. The molecular weight excluding hydrogens is 254 g/mol. The highest BCUT2D eigenvalue weighted by molar-refractivity contribution is 5.79. The van der Waals surface area contributed by atoms with Crippen molar-refractivity contribution in [3.05, 3.63) is 11.4 Å². The molecule has 1 atom stereocenters. The summed E-state index contributed by atoms with van der Waals surface area (Å²) in [5.74, 6) is 2.49. The molecule has 3 N–H and O–H groups in total. The number of hydrogen-bond donors (Lipinski definition) is 3. The van der Waals surface area contributed by atoms with E-state index in [4.69, 9.17) is 0 Å². The molecule has 110 valence electrons. The summed E-state index contributed by atoms with van der Waals surface area (Å²) in [5.41, 5.74) is 0.847. The fourth-order valence-electron chi connectivity index (χ4n) is 2.14. The Morgan fingerprint density at radius 1 is 1.25 bits per heavy atom. The van der Waals surface area contributed by atoms with Crippen LogP contribution in [0.15, 0.2) is 0 Å². The number of carbonyl (C=O) groups excluding carboxylic acids is 1. The number of nitrogens with one attached hydrogen (secondary N) is 3. The van der Waals surface area contributed by atoms with Crippen LogP contribution in [0, 0.1) is 6.92 Å². The Balaban J connectivity index is 2.33. The average molecular weight is 277 g/mol. The second-order valence-electron chi connectivity index (χ2n) is 6.22. The Morgan fingerprint density at radius 2 is 1.90 bits per heavy atom. The first-order valence-corrected chi connectivity index (χ1v) is 6.91. The fraction of sp³-hybridized carbons (Fsp3) is 0.643. The van der Waals surface area contributed by atoms with Gasteiger partial charge in [0.1, 0.15) is 17.5 Å². The summed E-state index contributed by atoms with van der Waals surface area (Å²) in [7, 11) is 1.85. The summed E-state index contributed by atoms with van der Waals surface area (Å²) >= 11 is 0. The topological polar surface area (TPSA) is 78.9 Å². The molecule has 2 rings (SSSR count). The van der Waals surface area contributed by atoms with E-state index in [0.717, 1.165) is 23.0 Å². The van der Waals surface area contributed by atoms with Crippen molar-refractivity contribution in [3.63, 3.8) is 0 Å². The first-order valence-electron chi connectivity index (χ1n) is 6.91. The summed E-state index contributed by atoms with van der Waals surface area (Å²) in [4.78, 5) is 20.5. The van der Waals surface area contributed by atoms with Crippen LogP contribution in [0.5, 0.6) is 0 Å². The molecule has 1 aromatic rings. The summed E-state index contributed by atoms with van der Waals surface area (Å²) in [6.45, 7) is 8.87. The van der Waals surface area contributed by atoms with Crippen LogP contribution in [0.4, 0.5) is 11.6 Å². The largest absolute Gasteiger partial charge is 0.373 e. The summed E-state index contributed by atoms with van der Waals surface area (Å²) in [6.07, 6.45) is 0.489. The zero-order valence-electron chi connectivity index (χ0n) is 12.8. The van der Waals surface area contributed by atoms with Gasteiger partial charge in [0.2, 0.25) is 5.91 Å². The number of carbonyl (C=O) groups is 1. The van der Waals surface area contributed by atoms with Crippen molar-refractivity contribution in [2.45, 2.75) is 45.6 Å². The van der Waals surface area contributed by atoms with Crippen molar-refractivity contribution < 1.29 is 4.79 Å². The third kappa shape index (κ3) is 3.00. The van der Waals surface area contributed by atoms with Crippen molar-refractivity contribution >= 4 is 17.5 Å². The number of hydrogen-bond acceptors (Lipinski definition) is 5. The van der Waals surface area contributed by atoms with E-state index in [2.05, 4.69) is 46.7 Å². The van der Waals surface area contributed by atoms with Crippen LogP contribution in [0.25, 0.3) is 0 Å². The van der Waals surface area contributed by atoms with Crippen molar-refractivity contribution in [3.8, 4) is 0 Å². The molecule has 6 heteroatoms. The van der Waals surface area contributed by atoms with Gasteiger partial charge in [0, 0.05) is 31.0 Å². The summed E-state index contributed by atoms with van der Waals surface area (Å²) in [5, 5.41) is 9.28. The van der Waals surface area contributed by atoms with Gasteiger partial charge < -0.3 is 16.0 Å². The number of aromatic nitrogens is 2. The van der Waals surface area contributed by atoms with E-state index in [1.807, 2.05) is 14.0 Å². The van der Waals surface area contributed by atoms with Gasteiger partial charge in [-0.25, -0.2) is 9.97 Å². The molecule has 0 bridgehead atoms. The Morgan fingerprint density at radius 3 is 2.40 bits per heavy atom. The molecule has 0 radical (unpaired) electrons. The summed E-state index contributed by atoms with van der Waals surface area (Å²) < 4.78 is 0. The van der Waals surface area contributed by atoms with Crippen LogP contribution >= 0.6 is 0 Å². The van der Waals surface area contributed by atoms with E-state index in [9.17, 15) is 4.79 Å². The maximum atomic E-state index is 11.3. The van der Waals surface area contributed by atoms with Gasteiger partial charge in [0.05, 0.1) is 6.04 Å². The number of rotatable bonds is 3. The van der Waals surface area contributed by atoms with Crippen LogP contribution in [-0.2, 0) is 10.2 Å². The lowest BCUT2D eigenvalue weighted by molar-refractivity contribution is -0.119. The Kier molecular flexibility index (Phi) is 3.83. The van der Waals surface area contributed by atoms with E-state index in [-0.39, 0.29) is 17.4 Å². The van der Waals surface area contributed by atoms with E-state index < -0.39 is 0 Å². The predicted octanol–water partition coefficient (Wildman–Crippen LogP) is 1.42. The highest BCUT2D eigenvalue weighted by Gasteiger charge is 2.25. The molecule has 1 aromatic heterocycles. The minimum absolute atomic E-state index is 0.0825. The van der Waals surface area contributed by atoms with Gasteiger partial charge in [-0.1, -0.05) is 20.8 Å². The standard InChI is InChI=1S/C14H23N5O/c1-8-11(15-5)18-13(14(2,3)4)19-12(8)17-9-6-10(20)16-7-9/h9H,6-7H2,1-5H3,(H,16,20)(H2,15,17,18,19). The monoisotopic (exact) mass is 277 g/mol. The quantitative estimate of drug-likeness (QED) is 0.779. The average Bonchev–Trinajstić information content (AvgIpc) is 2.76. The third-order valence-corrected chi connectivity index (χ3v) is 3.37. The van der Waals surface area contributed by atoms with Crippen molar-refractivity contribution in [2.75, 3.05) is 24.2 Å². The van der Waals surface area contributed by atoms with Crippen molar-refractivity contribution in [1.29, 1.82) is 0 Å². The van der Waals surface area contributed by atoms with Gasteiger partial charge in [0.15, 0.2) is 0 Å². The molecule has 1 aliphatic heterocycles. The zero-order valence-corrected chi connectivity index (χ0v) is 12.8. The highest BCUT2D eigenvalue weighted by atomic mass is 16.1. The van der Waals surface area contributed by atoms with Gasteiger partial charge in [-0.3, -0.25) is 4.79 Å².